The van der Waals surface area contributed by atoms with Crippen LogP contribution in [0.15, 0.2) is 48.5 Å². The Morgan fingerprint density at radius 3 is 2.50 bits per heavy atom. The number of hydrogen-bond donors (Lipinski definition) is 1. The summed E-state index contributed by atoms with van der Waals surface area (Å²) in [4.78, 5) is 16.1. The molecule has 22 heavy (non-hydrogen) atoms. The molecule has 1 aromatic heterocycles. The molecule has 0 atom stereocenters. The van der Waals surface area contributed by atoms with E-state index in [4.69, 9.17) is 23.2 Å². The van der Waals surface area contributed by atoms with Gasteiger partial charge >= 0.3 is 5.97 Å². The number of fused-ring (bicyclic) bond motifs is 1. The number of carboxylic acids is 1. The number of benzene rings is 2. The maximum atomic E-state index is 11.8. The van der Waals surface area contributed by atoms with Gasteiger partial charge in [0.15, 0.2) is 0 Å². The van der Waals surface area contributed by atoms with Gasteiger partial charge in [-0.3, -0.25) is 4.98 Å². The van der Waals surface area contributed by atoms with Crippen molar-refractivity contribution in [3.05, 3.63) is 64.8 Å². The van der Waals surface area contributed by atoms with Crippen LogP contribution in [0, 0.1) is 0 Å². The molecule has 2 aromatic carbocycles. The summed E-state index contributed by atoms with van der Waals surface area (Å²) in [6, 6.07) is 14.5. The lowest BCUT2D eigenvalue weighted by Gasteiger charge is -2.14. The molecule has 1 N–H and O–H groups in total. The molecule has 0 bridgehead atoms. The SMILES string of the molecule is O=C(O)c1c(CCl)nc2ccc(Cl)cc2c1-c1ccccc1. The van der Waals surface area contributed by atoms with Crippen molar-refractivity contribution < 1.29 is 9.90 Å². The summed E-state index contributed by atoms with van der Waals surface area (Å²) in [5, 5.41) is 10.9. The average Bonchev–Trinajstić information content (AvgIpc) is 2.53. The zero-order valence-electron chi connectivity index (χ0n) is 11.4. The zero-order chi connectivity index (χ0) is 15.7. The minimum Gasteiger partial charge on any atom is -0.478 e. The van der Waals surface area contributed by atoms with E-state index in [1.54, 1.807) is 18.2 Å². The lowest BCUT2D eigenvalue weighted by atomic mass is 9.94. The Bertz CT molecular complexity index is 863. The van der Waals surface area contributed by atoms with E-state index < -0.39 is 5.97 Å². The van der Waals surface area contributed by atoms with Crippen LogP contribution in [0.25, 0.3) is 22.0 Å². The standard InChI is InChI=1S/C17H11Cl2NO2/c18-9-14-16(17(21)22)15(10-4-2-1-3-5-10)12-8-11(19)6-7-13(12)20-14/h1-8H,9H2,(H,21,22). The molecule has 3 aromatic rings. The number of rotatable bonds is 3. The molecule has 0 amide bonds. The molecule has 0 saturated heterocycles. The number of halogens is 2. The first kappa shape index (κ1) is 14.8. The van der Waals surface area contributed by atoms with Crippen LogP contribution in [0.2, 0.25) is 5.02 Å². The van der Waals surface area contributed by atoms with Crippen molar-refractivity contribution in [2.24, 2.45) is 0 Å². The van der Waals surface area contributed by atoms with Crippen LogP contribution in [0.5, 0.6) is 0 Å². The molecule has 0 unspecified atom stereocenters. The normalized spacial score (nSPS) is 10.8. The van der Waals surface area contributed by atoms with Crippen LogP contribution in [-0.2, 0) is 5.88 Å². The summed E-state index contributed by atoms with van der Waals surface area (Å²) >= 11 is 12.0. The van der Waals surface area contributed by atoms with Crippen molar-refractivity contribution in [3.63, 3.8) is 0 Å². The number of hydrogen-bond acceptors (Lipinski definition) is 2. The number of aromatic nitrogens is 1. The van der Waals surface area contributed by atoms with Crippen LogP contribution in [0.1, 0.15) is 16.1 Å². The van der Waals surface area contributed by atoms with E-state index in [1.807, 2.05) is 30.3 Å². The monoisotopic (exact) mass is 331 g/mol. The molecule has 1 heterocycles. The highest BCUT2D eigenvalue weighted by Crippen LogP contribution is 2.35. The van der Waals surface area contributed by atoms with E-state index >= 15 is 0 Å². The number of nitrogens with zero attached hydrogens (tertiary/aromatic N) is 1. The Balaban J connectivity index is 2.50. The Morgan fingerprint density at radius 2 is 1.86 bits per heavy atom. The number of alkyl halides is 1. The van der Waals surface area contributed by atoms with Crippen molar-refractivity contribution in [1.29, 1.82) is 0 Å². The second-order valence-corrected chi connectivity index (χ2v) is 5.48. The van der Waals surface area contributed by atoms with Crippen molar-refractivity contribution in [3.8, 4) is 11.1 Å². The van der Waals surface area contributed by atoms with Gasteiger partial charge in [-0.1, -0.05) is 41.9 Å². The van der Waals surface area contributed by atoms with Gasteiger partial charge in [0.25, 0.3) is 0 Å². The average molecular weight is 332 g/mol. The van der Waals surface area contributed by atoms with Crippen LogP contribution < -0.4 is 0 Å². The molecule has 3 nitrogen and oxygen atoms in total. The van der Waals surface area contributed by atoms with E-state index in [2.05, 4.69) is 4.98 Å². The number of aromatic carboxylic acids is 1. The second kappa shape index (κ2) is 5.95. The number of pyridine rings is 1. The highest BCUT2D eigenvalue weighted by Gasteiger charge is 2.21. The lowest BCUT2D eigenvalue weighted by Crippen LogP contribution is -2.07. The molecule has 5 heteroatoms. The van der Waals surface area contributed by atoms with E-state index in [1.165, 1.54) is 0 Å². The van der Waals surface area contributed by atoms with E-state index in [0.717, 1.165) is 5.56 Å². The van der Waals surface area contributed by atoms with Gasteiger partial charge in [-0.2, -0.15) is 0 Å². The lowest BCUT2D eigenvalue weighted by molar-refractivity contribution is 0.0696. The Labute approximate surface area is 137 Å². The fourth-order valence-corrected chi connectivity index (χ4v) is 2.88. The largest absolute Gasteiger partial charge is 0.478 e. The van der Waals surface area contributed by atoms with Crippen LogP contribution in [0.3, 0.4) is 0 Å². The molecule has 0 saturated carbocycles. The van der Waals surface area contributed by atoms with Gasteiger partial charge < -0.3 is 5.11 Å². The number of carboxylic acid groups (broad SMARTS) is 1. The molecular formula is C17H11Cl2NO2. The summed E-state index contributed by atoms with van der Waals surface area (Å²) < 4.78 is 0. The highest BCUT2D eigenvalue weighted by molar-refractivity contribution is 6.31. The second-order valence-electron chi connectivity index (χ2n) is 4.77. The van der Waals surface area contributed by atoms with Crippen molar-refractivity contribution >= 4 is 40.1 Å². The summed E-state index contributed by atoms with van der Waals surface area (Å²) in [5.41, 5.74) is 2.53. The Morgan fingerprint density at radius 1 is 1.14 bits per heavy atom. The van der Waals surface area contributed by atoms with Crippen molar-refractivity contribution in [2.45, 2.75) is 5.88 Å². The van der Waals surface area contributed by atoms with Gasteiger partial charge in [-0.15, -0.1) is 11.6 Å². The predicted molar refractivity (Wildman–Crippen MR) is 88.7 cm³/mol. The minimum absolute atomic E-state index is 0.0278. The van der Waals surface area contributed by atoms with Crippen LogP contribution in [0.4, 0.5) is 0 Å². The van der Waals surface area contributed by atoms with E-state index in [-0.39, 0.29) is 11.4 Å². The molecule has 3 rings (SSSR count). The Hall–Kier alpha value is -2.10. The molecule has 0 aliphatic heterocycles. The first-order valence-electron chi connectivity index (χ1n) is 6.58. The first-order chi connectivity index (χ1) is 10.6. The zero-order valence-corrected chi connectivity index (χ0v) is 12.9. The highest BCUT2D eigenvalue weighted by atomic mass is 35.5. The molecule has 0 aliphatic carbocycles. The van der Waals surface area contributed by atoms with E-state index in [9.17, 15) is 9.90 Å². The van der Waals surface area contributed by atoms with Gasteiger partial charge in [0.2, 0.25) is 0 Å². The van der Waals surface area contributed by atoms with Gasteiger partial charge in [-0.05, 0) is 23.8 Å². The quantitative estimate of drug-likeness (QED) is 0.687. The summed E-state index contributed by atoms with van der Waals surface area (Å²) in [6.07, 6.45) is 0. The summed E-state index contributed by atoms with van der Waals surface area (Å²) in [6.45, 7) is 0. The smallest absolute Gasteiger partial charge is 0.338 e. The third-order valence-electron chi connectivity index (χ3n) is 3.42. The van der Waals surface area contributed by atoms with Crippen molar-refractivity contribution in [2.75, 3.05) is 0 Å². The fraction of sp³-hybridized carbons (Fsp3) is 0.0588. The van der Waals surface area contributed by atoms with Crippen LogP contribution in [-0.4, -0.2) is 16.1 Å². The van der Waals surface area contributed by atoms with Gasteiger partial charge in [-0.25, -0.2) is 4.79 Å². The first-order valence-corrected chi connectivity index (χ1v) is 7.50. The minimum atomic E-state index is -1.05. The summed E-state index contributed by atoms with van der Waals surface area (Å²) in [7, 11) is 0. The van der Waals surface area contributed by atoms with Crippen molar-refractivity contribution in [1.82, 2.24) is 4.98 Å². The Kier molecular flexibility index (Phi) is 4.01. The third-order valence-corrected chi connectivity index (χ3v) is 3.91. The summed E-state index contributed by atoms with van der Waals surface area (Å²) in [5.74, 6) is -1.02. The molecule has 0 aliphatic rings. The van der Waals surface area contributed by atoms with Gasteiger partial charge in [0.1, 0.15) is 0 Å². The maximum absolute atomic E-state index is 11.8. The van der Waals surface area contributed by atoms with Crippen LogP contribution >= 0.6 is 23.2 Å². The maximum Gasteiger partial charge on any atom is 0.338 e. The number of carbonyl (C=O) groups is 1. The molecule has 0 fully saturated rings. The van der Waals surface area contributed by atoms with Gasteiger partial charge in [0, 0.05) is 16.0 Å². The third kappa shape index (κ3) is 2.54. The topological polar surface area (TPSA) is 50.2 Å². The molecule has 0 radical (unpaired) electrons. The van der Waals surface area contributed by atoms with E-state index in [0.29, 0.717) is 27.2 Å². The molecule has 0 spiro atoms. The molecular weight excluding hydrogens is 321 g/mol. The predicted octanol–water partition coefficient (Wildman–Crippen LogP) is 4.99. The molecule has 110 valence electrons. The van der Waals surface area contributed by atoms with Gasteiger partial charge in [0.05, 0.1) is 22.7 Å². The fourth-order valence-electron chi connectivity index (χ4n) is 2.52.